The first-order valence-electron chi connectivity index (χ1n) is 4.92. The van der Waals surface area contributed by atoms with Gasteiger partial charge in [-0.05, 0) is 12.1 Å². The van der Waals surface area contributed by atoms with Gasteiger partial charge in [0.1, 0.15) is 0 Å². The summed E-state index contributed by atoms with van der Waals surface area (Å²) >= 11 is 23.9. The second-order valence-electron chi connectivity index (χ2n) is 3.55. The van der Waals surface area contributed by atoms with Crippen molar-refractivity contribution < 1.29 is 5.11 Å². The Hall–Kier alpha value is -0.510. The lowest BCUT2D eigenvalue weighted by molar-refractivity contribution is 0.282. The largest absolute Gasteiger partial charge is 0.392 e. The van der Waals surface area contributed by atoms with E-state index in [1.54, 1.807) is 18.3 Å². The van der Waals surface area contributed by atoms with E-state index in [1.165, 1.54) is 6.20 Å². The number of nitrogens with zero attached hydrogens (tertiary/aromatic N) is 1. The van der Waals surface area contributed by atoms with E-state index in [-0.39, 0.29) is 6.61 Å². The highest BCUT2D eigenvalue weighted by molar-refractivity contribution is 6.44. The Balaban J connectivity index is 2.69. The number of hydrogen-bond donors (Lipinski definition) is 1. The summed E-state index contributed by atoms with van der Waals surface area (Å²) in [5.74, 6) is 0. The summed E-state index contributed by atoms with van der Waals surface area (Å²) in [6.07, 6.45) is 3.03. The Labute approximate surface area is 124 Å². The van der Waals surface area contributed by atoms with Crippen LogP contribution in [-0.2, 0) is 6.61 Å². The SMILES string of the molecule is OCc1c(Cl)cncc1-c1cc(Cl)c(Cl)cc1Cl. The van der Waals surface area contributed by atoms with Gasteiger partial charge in [0.2, 0.25) is 0 Å². The molecule has 0 radical (unpaired) electrons. The standard InChI is InChI=1S/C12H7Cl4NO/c13-9-2-11(15)10(14)1-6(9)7-3-17-4-12(16)8(7)5-18/h1-4,18H,5H2. The fourth-order valence-electron chi connectivity index (χ4n) is 1.58. The molecule has 0 aliphatic heterocycles. The predicted octanol–water partition coefficient (Wildman–Crippen LogP) is 4.85. The molecular formula is C12H7Cl4NO. The van der Waals surface area contributed by atoms with E-state index in [0.29, 0.717) is 36.8 Å². The molecule has 0 amide bonds. The quantitative estimate of drug-likeness (QED) is 0.801. The summed E-state index contributed by atoms with van der Waals surface area (Å²) in [5.41, 5.74) is 1.81. The van der Waals surface area contributed by atoms with Crippen LogP contribution < -0.4 is 0 Å². The molecule has 6 heteroatoms. The van der Waals surface area contributed by atoms with Crippen LogP contribution in [0.1, 0.15) is 5.56 Å². The first-order valence-corrected chi connectivity index (χ1v) is 6.44. The second-order valence-corrected chi connectivity index (χ2v) is 5.18. The fraction of sp³-hybridized carbons (Fsp3) is 0.0833. The van der Waals surface area contributed by atoms with Crippen molar-refractivity contribution in [3.63, 3.8) is 0 Å². The van der Waals surface area contributed by atoms with Crippen molar-refractivity contribution in [1.82, 2.24) is 4.98 Å². The van der Waals surface area contributed by atoms with Gasteiger partial charge in [-0.2, -0.15) is 0 Å². The highest BCUT2D eigenvalue weighted by atomic mass is 35.5. The lowest BCUT2D eigenvalue weighted by Crippen LogP contribution is -1.93. The number of halogens is 4. The van der Waals surface area contributed by atoms with E-state index < -0.39 is 0 Å². The Morgan fingerprint density at radius 1 is 0.833 bits per heavy atom. The van der Waals surface area contributed by atoms with Crippen molar-refractivity contribution in [2.75, 3.05) is 0 Å². The highest BCUT2D eigenvalue weighted by Gasteiger charge is 2.14. The number of aliphatic hydroxyl groups is 1. The van der Waals surface area contributed by atoms with Crippen molar-refractivity contribution in [3.05, 3.63) is 50.2 Å². The molecule has 2 aromatic rings. The number of aromatic nitrogens is 1. The predicted molar refractivity (Wildman–Crippen MR) is 75.6 cm³/mol. The van der Waals surface area contributed by atoms with Gasteiger partial charge in [0, 0.05) is 29.1 Å². The van der Waals surface area contributed by atoms with Crippen LogP contribution in [0, 0.1) is 0 Å². The molecule has 0 bridgehead atoms. The minimum absolute atomic E-state index is 0.215. The zero-order valence-corrected chi connectivity index (χ0v) is 11.9. The average molecular weight is 323 g/mol. The molecule has 0 aliphatic carbocycles. The number of rotatable bonds is 2. The van der Waals surface area contributed by atoms with Crippen LogP contribution in [0.4, 0.5) is 0 Å². The normalized spacial score (nSPS) is 10.7. The number of aliphatic hydroxyl groups excluding tert-OH is 1. The molecule has 0 aliphatic rings. The number of pyridine rings is 1. The maximum atomic E-state index is 9.36. The van der Waals surface area contributed by atoms with Crippen LogP contribution in [0.5, 0.6) is 0 Å². The van der Waals surface area contributed by atoms with E-state index in [1.807, 2.05) is 0 Å². The zero-order chi connectivity index (χ0) is 13.3. The Morgan fingerprint density at radius 2 is 1.50 bits per heavy atom. The molecule has 0 saturated heterocycles. The molecule has 0 spiro atoms. The molecule has 0 unspecified atom stereocenters. The van der Waals surface area contributed by atoms with E-state index in [0.717, 1.165) is 0 Å². The molecule has 0 saturated carbocycles. The van der Waals surface area contributed by atoms with Crippen molar-refractivity contribution in [2.45, 2.75) is 6.61 Å². The van der Waals surface area contributed by atoms with Crippen LogP contribution in [-0.4, -0.2) is 10.1 Å². The van der Waals surface area contributed by atoms with Gasteiger partial charge >= 0.3 is 0 Å². The summed E-state index contributed by atoms with van der Waals surface area (Å²) in [6.45, 7) is -0.215. The molecule has 1 N–H and O–H groups in total. The summed E-state index contributed by atoms with van der Waals surface area (Å²) in [4.78, 5) is 3.98. The van der Waals surface area contributed by atoms with Gasteiger partial charge in [-0.1, -0.05) is 46.4 Å². The van der Waals surface area contributed by atoms with Crippen molar-refractivity contribution in [1.29, 1.82) is 0 Å². The van der Waals surface area contributed by atoms with Crippen LogP contribution >= 0.6 is 46.4 Å². The van der Waals surface area contributed by atoms with Gasteiger partial charge in [0.25, 0.3) is 0 Å². The van der Waals surface area contributed by atoms with E-state index in [2.05, 4.69) is 4.98 Å². The summed E-state index contributed by atoms with van der Waals surface area (Å²) in [7, 11) is 0. The maximum absolute atomic E-state index is 9.36. The van der Waals surface area contributed by atoms with Crippen LogP contribution in [0.25, 0.3) is 11.1 Å². The van der Waals surface area contributed by atoms with Gasteiger partial charge in [0.15, 0.2) is 0 Å². The van der Waals surface area contributed by atoms with Crippen molar-refractivity contribution in [3.8, 4) is 11.1 Å². The smallest absolute Gasteiger partial charge is 0.0703 e. The fourth-order valence-corrected chi connectivity index (χ4v) is 2.45. The van der Waals surface area contributed by atoms with E-state index in [4.69, 9.17) is 46.4 Å². The third kappa shape index (κ3) is 2.58. The van der Waals surface area contributed by atoms with Crippen molar-refractivity contribution in [2.24, 2.45) is 0 Å². The molecule has 18 heavy (non-hydrogen) atoms. The van der Waals surface area contributed by atoms with Gasteiger partial charge in [-0.15, -0.1) is 0 Å². The summed E-state index contributed by atoms with van der Waals surface area (Å²) in [5, 5.41) is 10.9. The lowest BCUT2D eigenvalue weighted by atomic mass is 10.0. The van der Waals surface area contributed by atoms with Gasteiger partial charge < -0.3 is 5.11 Å². The molecule has 0 fully saturated rings. The molecule has 1 heterocycles. The van der Waals surface area contributed by atoms with E-state index >= 15 is 0 Å². The Morgan fingerprint density at radius 3 is 2.17 bits per heavy atom. The molecule has 2 nitrogen and oxygen atoms in total. The van der Waals surface area contributed by atoms with Gasteiger partial charge in [-0.3, -0.25) is 4.98 Å². The zero-order valence-electron chi connectivity index (χ0n) is 8.92. The third-order valence-electron chi connectivity index (χ3n) is 2.46. The number of benzene rings is 1. The summed E-state index contributed by atoms with van der Waals surface area (Å²) < 4.78 is 0. The molecule has 0 atom stereocenters. The molecule has 1 aromatic carbocycles. The summed E-state index contributed by atoms with van der Waals surface area (Å²) in [6, 6.07) is 3.17. The van der Waals surface area contributed by atoms with Crippen molar-refractivity contribution >= 4 is 46.4 Å². The maximum Gasteiger partial charge on any atom is 0.0703 e. The Kier molecular flexibility index (Phi) is 4.36. The third-order valence-corrected chi connectivity index (χ3v) is 3.82. The molecular weight excluding hydrogens is 316 g/mol. The molecule has 94 valence electrons. The molecule has 1 aromatic heterocycles. The molecule has 2 rings (SSSR count). The number of hydrogen-bond acceptors (Lipinski definition) is 2. The first kappa shape index (κ1) is 13.9. The minimum atomic E-state index is -0.215. The van der Waals surface area contributed by atoms with Crippen LogP contribution in [0.2, 0.25) is 20.1 Å². The average Bonchev–Trinajstić information content (AvgIpc) is 2.33. The highest BCUT2D eigenvalue weighted by Crippen LogP contribution is 2.37. The van der Waals surface area contributed by atoms with Crippen LogP contribution in [0.3, 0.4) is 0 Å². The van der Waals surface area contributed by atoms with Crippen LogP contribution in [0.15, 0.2) is 24.5 Å². The van der Waals surface area contributed by atoms with Gasteiger partial charge in [0.05, 0.1) is 26.7 Å². The van der Waals surface area contributed by atoms with E-state index in [9.17, 15) is 5.11 Å². The minimum Gasteiger partial charge on any atom is -0.392 e. The lowest BCUT2D eigenvalue weighted by Gasteiger charge is -2.11. The first-order chi connectivity index (χ1) is 8.54. The second kappa shape index (κ2) is 5.64. The monoisotopic (exact) mass is 321 g/mol. The Bertz CT molecular complexity index is 601. The van der Waals surface area contributed by atoms with Gasteiger partial charge in [-0.25, -0.2) is 0 Å². The topological polar surface area (TPSA) is 33.1 Å².